The zero-order valence-corrected chi connectivity index (χ0v) is 17.3. The van der Waals surface area contributed by atoms with Crippen LogP contribution >= 0.6 is 0 Å². The number of ether oxygens (including phenoxy) is 1. The Kier molecular flexibility index (Phi) is 6.26. The van der Waals surface area contributed by atoms with Crippen LogP contribution in [-0.2, 0) is 4.79 Å². The second-order valence-electron chi connectivity index (χ2n) is 6.99. The van der Waals surface area contributed by atoms with Crippen molar-refractivity contribution in [1.82, 2.24) is 9.97 Å². The first-order valence-corrected chi connectivity index (χ1v) is 10.00. The fraction of sp³-hybridized carbons (Fsp3) is 0.0870. The molecule has 0 atom stereocenters. The Labute approximate surface area is 188 Å². The third-order valence-electron chi connectivity index (χ3n) is 4.61. The number of anilines is 3. The van der Waals surface area contributed by atoms with E-state index < -0.39 is 10.9 Å². The summed E-state index contributed by atoms with van der Waals surface area (Å²) >= 11 is 0. The summed E-state index contributed by atoms with van der Waals surface area (Å²) in [6.45, 7) is 0.106. The minimum Gasteiger partial charge on any atom is -0.481 e. The van der Waals surface area contributed by atoms with Crippen molar-refractivity contribution in [2.45, 2.75) is 6.42 Å². The molecule has 0 radical (unpaired) electrons. The molecule has 1 aromatic heterocycles. The molecule has 10 heteroatoms. The first-order valence-electron chi connectivity index (χ1n) is 10.00. The summed E-state index contributed by atoms with van der Waals surface area (Å²) in [4.78, 5) is 30.3. The van der Waals surface area contributed by atoms with E-state index in [9.17, 15) is 14.9 Å². The van der Waals surface area contributed by atoms with E-state index in [0.717, 1.165) is 5.75 Å². The van der Waals surface area contributed by atoms with Crippen LogP contribution < -0.4 is 15.4 Å². The number of hydrogen-bond donors (Lipinski definition) is 3. The van der Waals surface area contributed by atoms with E-state index in [0.29, 0.717) is 28.2 Å². The third-order valence-corrected chi connectivity index (χ3v) is 4.61. The highest BCUT2D eigenvalue weighted by atomic mass is 16.6. The van der Waals surface area contributed by atoms with Gasteiger partial charge in [0.1, 0.15) is 17.3 Å². The lowest BCUT2D eigenvalue weighted by atomic mass is 10.2. The minimum absolute atomic E-state index is 0.106. The van der Waals surface area contributed by atoms with Gasteiger partial charge in [-0.2, -0.15) is 4.98 Å². The zero-order chi connectivity index (χ0) is 23.2. The number of nitrogens with one attached hydrogen (secondary N) is 2. The molecule has 4 rings (SSSR count). The van der Waals surface area contributed by atoms with Gasteiger partial charge in [0.15, 0.2) is 0 Å². The van der Waals surface area contributed by atoms with Gasteiger partial charge < -0.3 is 20.5 Å². The number of hydrogen-bond acceptors (Lipinski definition) is 8. The highest BCUT2D eigenvalue weighted by Crippen LogP contribution is 2.28. The normalized spacial score (nSPS) is 10.5. The van der Waals surface area contributed by atoms with Crippen LogP contribution in [0.5, 0.6) is 11.5 Å². The Bertz CT molecular complexity index is 1300. The van der Waals surface area contributed by atoms with Gasteiger partial charge >= 0.3 is 5.97 Å². The van der Waals surface area contributed by atoms with Crippen LogP contribution in [0.3, 0.4) is 0 Å². The molecule has 1 heterocycles. The number of aromatic nitrogens is 2. The molecular weight excluding hydrogens is 426 g/mol. The van der Waals surface area contributed by atoms with Crippen molar-refractivity contribution in [3.8, 4) is 11.5 Å². The number of nitro groups is 1. The number of para-hydroxylation sites is 1. The van der Waals surface area contributed by atoms with E-state index >= 15 is 0 Å². The molecule has 0 saturated heterocycles. The van der Waals surface area contributed by atoms with Crippen molar-refractivity contribution in [2.75, 3.05) is 17.2 Å². The molecule has 0 saturated carbocycles. The highest BCUT2D eigenvalue weighted by Gasteiger charge is 2.13. The molecular formula is C23H19N5O5. The van der Waals surface area contributed by atoms with E-state index in [1.54, 1.807) is 24.3 Å². The van der Waals surface area contributed by atoms with Gasteiger partial charge in [-0.1, -0.05) is 18.2 Å². The number of benzene rings is 3. The molecule has 0 spiro atoms. The Morgan fingerprint density at radius 3 is 2.42 bits per heavy atom. The standard InChI is InChI=1S/C23H19N5O5/c29-21(30)12-13-24-22-19-14-16(28(31)32)8-11-20(19)26-23(27-22)25-15-6-9-18(10-7-15)33-17-4-2-1-3-5-17/h1-11,14H,12-13H2,(H,29,30)(H2,24,25,26,27). The predicted octanol–water partition coefficient (Wildman–Crippen LogP) is 4.96. The van der Waals surface area contributed by atoms with Crippen LogP contribution in [0.4, 0.5) is 23.1 Å². The molecule has 166 valence electrons. The molecule has 3 N–H and O–H groups in total. The van der Waals surface area contributed by atoms with E-state index in [-0.39, 0.29) is 24.6 Å². The average Bonchev–Trinajstić information content (AvgIpc) is 2.80. The maximum Gasteiger partial charge on any atom is 0.305 e. The molecule has 0 bridgehead atoms. The molecule has 0 amide bonds. The van der Waals surface area contributed by atoms with Crippen LogP contribution in [-0.4, -0.2) is 32.5 Å². The summed E-state index contributed by atoms with van der Waals surface area (Å²) in [6.07, 6.45) is -0.133. The summed E-state index contributed by atoms with van der Waals surface area (Å²) in [5.41, 5.74) is 1.07. The fourth-order valence-electron chi connectivity index (χ4n) is 3.07. The number of fused-ring (bicyclic) bond motifs is 1. The highest BCUT2D eigenvalue weighted by molar-refractivity contribution is 5.92. The third kappa shape index (κ3) is 5.50. The van der Waals surface area contributed by atoms with Gasteiger partial charge in [-0.25, -0.2) is 4.98 Å². The second kappa shape index (κ2) is 9.60. The van der Waals surface area contributed by atoms with Gasteiger partial charge in [0.25, 0.3) is 5.69 Å². The molecule has 0 aliphatic carbocycles. The van der Waals surface area contributed by atoms with Crippen LogP contribution in [0.25, 0.3) is 10.9 Å². The predicted molar refractivity (Wildman–Crippen MR) is 123 cm³/mol. The number of aliphatic carboxylic acids is 1. The largest absolute Gasteiger partial charge is 0.481 e. The van der Waals surface area contributed by atoms with Crippen molar-refractivity contribution >= 4 is 40.0 Å². The van der Waals surface area contributed by atoms with Crippen molar-refractivity contribution in [3.63, 3.8) is 0 Å². The zero-order valence-electron chi connectivity index (χ0n) is 17.3. The van der Waals surface area contributed by atoms with Gasteiger partial charge in [-0.15, -0.1) is 0 Å². The fourth-order valence-corrected chi connectivity index (χ4v) is 3.07. The molecule has 0 aliphatic rings. The minimum atomic E-state index is -0.969. The summed E-state index contributed by atoms with van der Waals surface area (Å²) in [5, 5.41) is 26.5. The van der Waals surface area contributed by atoms with Gasteiger partial charge in [0.2, 0.25) is 5.95 Å². The molecule has 0 fully saturated rings. The first kappa shape index (κ1) is 21.5. The molecule has 33 heavy (non-hydrogen) atoms. The van der Waals surface area contributed by atoms with Crippen molar-refractivity contribution in [3.05, 3.63) is 82.9 Å². The van der Waals surface area contributed by atoms with Crippen molar-refractivity contribution in [1.29, 1.82) is 0 Å². The number of nitrogens with zero attached hydrogens (tertiary/aromatic N) is 3. The number of nitro benzene ring substituents is 1. The SMILES string of the molecule is O=C(O)CCNc1nc(Nc2ccc(Oc3ccccc3)cc2)nc2ccc([N+](=O)[O-])cc12. The monoisotopic (exact) mass is 445 g/mol. The van der Waals surface area contributed by atoms with Crippen molar-refractivity contribution < 1.29 is 19.6 Å². The maximum atomic E-state index is 11.2. The Morgan fingerprint density at radius 1 is 1.00 bits per heavy atom. The summed E-state index contributed by atoms with van der Waals surface area (Å²) in [5.74, 6) is 0.974. The van der Waals surface area contributed by atoms with Gasteiger partial charge in [-0.05, 0) is 42.5 Å². The number of rotatable bonds is 9. The van der Waals surface area contributed by atoms with Crippen molar-refractivity contribution in [2.24, 2.45) is 0 Å². The Hall–Kier alpha value is -4.73. The molecule has 4 aromatic rings. The van der Waals surface area contributed by atoms with Gasteiger partial charge in [-0.3, -0.25) is 14.9 Å². The summed E-state index contributed by atoms with van der Waals surface area (Å²) < 4.78 is 5.78. The summed E-state index contributed by atoms with van der Waals surface area (Å²) in [7, 11) is 0. The average molecular weight is 445 g/mol. The Balaban J connectivity index is 1.58. The summed E-state index contributed by atoms with van der Waals surface area (Å²) in [6, 6.07) is 20.9. The molecule has 3 aromatic carbocycles. The lowest BCUT2D eigenvalue weighted by molar-refractivity contribution is -0.384. The lowest BCUT2D eigenvalue weighted by Gasteiger charge is -2.12. The quantitative estimate of drug-likeness (QED) is 0.241. The molecule has 0 aliphatic heterocycles. The molecule has 10 nitrogen and oxygen atoms in total. The van der Waals surface area contributed by atoms with E-state index in [1.165, 1.54) is 18.2 Å². The number of carboxylic acid groups (broad SMARTS) is 1. The first-order chi connectivity index (χ1) is 16.0. The van der Waals surface area contributed by atoms with Crippen LogP contribution in [0.1, 0.15) is 6.42 Å². The van der Waals surface area contributed by atoms with Crippen LogP contribution in [0.2, 0.25) is 0 Å². The number of carbonyl (C=O) groups is 1. The second-order valence-corrected chi connectivity index (χ2v) is 6.99. The molecule has 0 unspecified atom stereocenters. The topological polar surface area (TPSA) is 140 Å². The smallest absolute Gasteiger partial charge is 0.305 e. The number of non-ortho nitro benzene ring substituents is 1. The van der Waals surface area contributed by atoms with E-state index in [1.807, 2.05) is 30.3 Å². The van der Waals surface area contributed by atoms with Crippen LogP contribution in [0, 0.1) is 10.1 Å². The van der Waals surface area contributed by atoms with Gasteiger partial charge in [0, 0.05) is 29.8 Å². The number of carboxylic acids is 1. The lowest BCUT2D eigenvalue weighted by Crippen LogP contribution is -2.10. The maximum absolute atomic E-state index is 11.2. The van der Waals surface area contributed by atoms with E-state index in [2.05, 4.69) is 20.6 Å². The Morgan fingerprint density at radius 2 is 1.73 bits per heavy atom. The van der Waals surface area contributed by atoms with Gasteiger partial charge in [0.05, 0.1) is 16.9 Å². The van der Waals surface area contributed by atoms with E-state index in [4.69, 9.17) is 9.84 Å². The van der Waals surface area contributed by atoms with Crippen LogP contribution in [0.15, 0.2) is 72.8 Å².